The van der Waals surface area contributed by atoms with Crippen molar-refractivity contribution in [2.75, 3.05) is 7.11 Å². The molecule has 160 valence electrons. The number of aliphatic imine (C=N–C) groups is 1. The number of H-pyrrole nitrogens is 1. The molecule has 4 heterocycles. The van der Waals surface area contributed by atoms with Gasteiger partial charge in [0, 0.05) is 23.5 Å². The average Bonchev–Trinajstić information content (AvgIpc) is 3.51. The van der Waals surface area contributed by atoms with Crippen molar-refractivity contribution in [1.82, 2.24) is 25.6 Å². The highest BCUT2D eigenvalue weighted by Gasteiger charge is 2.35. The van der Waals surface area contributed by atoms with Crippen LogP contribution in [0.15, 0.2) is 76.6 Å². The van der Waals surface area contributed by atoms with Crippen LogP contribution in [-0.4, -0.2) is 39.0 Å². The second-order valence-corrected chi connectivity index (χ2v) is 8.04. The first-order valence-corrected chi connectivity index (χ1v) is 10.9. The smallest absolute Gasteiger partial charge is 0.269 e. The molecule has 0 saturated carbocycles. The summed E-state index contributed by atoms with van der Waals surface area (Å²) in [6.45, 7) is 0. The number of amidine groups is 1. The van der Waals surface area contributed by atoms with Gasteiger partial charge in [-0.25, -0.2) is 10.0 Å². The Morgan fingerprint density at radius 2 is 2.06 bits per heavy atom. The number of pyridine rings is 1. The third-order valence-electron chi connectivity index (χ3n) is 4.93. The highest BCUT2D eigenvalue weighted by Crippen LogP contribution is 2.43. The average molecular weight is 540 g/mol. The van der Waals surface area contributed by atoms with Crippen molar-refractivity contribution in [1.29, 1.82) is 0 Å². The summed E-state index contributed by atoms with van der Waals surface area (Å²) < 4.78 is 10.6. The van der Waals surface area contributed by atoms with E-state index in [1.165, 1.54) is 0 Å². The molecule has 0 fully saturated rings. The van der Waals surface area contributed by atoms with Gasteiger partial charge in [-0.1, -0.05) is 12.1 Å². The Bertz CT molecular complexity index is 1290. The Kier molecular flexibility index (Phi) is 5.35. The van der Waals surface area contributed by atoms with E-state index in [2.05, 4.69) is 43.2 Å². The molecule has 0 spiro atoms. The van der Waals surface area contributed by atoms with Gasteiger partial charge >= 0.3 is 0 Å². The van der Waals surface area contributed by atoms with Crippen LogP contribution in [0.1, 0.15) is 25.7 Å². The van der Waals surface area contributed by atoms with Crippen molar-refractivity contribution in [3.63, 3.8) is 0 Å². The van der Waals surface area contributed by atoms with Gasteiger partial charge in [-0.3, -0.25) is 20.3 Å². The summed E-state index contributed by atoms with van der Waals surface area (Å²) in [6, 6.07) is 14.4. The molecular weight excluding hydrogens is 523 g/mol. The third-order valence-corrected chi connectivity index (χ3v) is 6.11. The van der Waals surface area contributed by atoms with Gasteiger partial charge in [0.05, 0.1) is 19.1 Å². The number of rotatable bonds is 5. The highest BCUT2D eigenvalue weighted by molar-refractivity contribution is 14.1. The van der Waals surface area contributed by atoms with Crippen molar-refractivity contribution in [3.05, 3.63) is 84.0 Å². The van der Waals surface area contributed by atoms with Gasteiger partial charge in [0.1, 0.15) is 15.5 Å². The summed E-state index contributed by atoms with van der Waals surface area (Å²) in [5.41, 5.74) is 6.25. The van der Waals surface area contributed by atoms with Crippen molar-refractivity contribution < 1.29 is 13.9 Å². The third kappa shape index (κ3) is 3.62. The molecule has 1 atom stereocenters. The van der Waals surface area contributed by atoms with E-state index in [-0.39, 0.29) is 9.96 Å². The summed E-state index contributed by atoms with van der Waals surface area (Å²) in [5.74, 6) is 1.56. The number of nitrogens with one attached hydrogen (secondary N) is 2. The number of hydrazine groups is 1. The number of ether oxygens (including phenoxy) is 1. The van der Waals surface area contributed by atoms with Crippen LogP contribution in [0.25, 0.3) is 11.5 Å². The van der Waals surface area contributed by atoms with Crippen LogP contribution < -0.4 is 10.2 Å². The van der Waals surface area contributed by atoms with Crippen molar-refractivity contribution >= 4 is 40.0 Å². The van der Waals surface area contributed by atoms with Crippen molar-refractivity contribution in [2.24, 2.45) is 4.99 Å². The molecule has 0 saturated heterocycles. The minimum atomic E-state index is -0.316. The van der Waals surface area contributed by atoms with E-state index in [0.717, 1.165) is 11.3 Å². The number of benzene rings is 1. The van der Waals surface area contributed by atoms with Crippen molar-refractivity contribution in [2.45, 2.75) is 4.05 Å². The number of fused-ring (bicyclic) bond motifs is 1. The van der Waals surface area contributed by atoms with Gasteiger partial charge in [-0.2, -0.15) is 5.10 Å². The Balaban J connectivity index is 1.61. The van der Waals surface area contributed by atoms with Crippen LogP contribution in [0.5, 0.6) is 5.75 Å². The molecule has 0 bridgehead atoms. The molecule has 1 unspecified atom stereocenters. The van der Waals surface area contributed by atoms with Crippen LogP contribution in [0, 0.1) is 0 Å². The normalized spacial score (nSPS) is 15.1. The van der Waals surface area contributed by atoms with E-state index >= 15 is 0 Å². The van der Waals surface area contributed by atoms with Crippen LogP contribution >= 0.6 is 22.6 Å². The number of carbonyl (C=O) groups is 1. The van der Waals surface area contributed by atoms with E-state index in [1.807, 2.05) is 30.3 Å². The molecule has 1 aliphatic rings. The lowest BCUT2D eigenvalue weighted by atomic mass is 10.1. The molecule has 32 heavy (non-hydrogen) atoms. The largest absolute Gasteiger partial charge is 0.497 e. The summed E-state index contributed by atoms with van der Waals surface area (Å²) >= 11 is 2.24. The molecule has 9 nitrogen and oxygen atoms in total. The standard InChI is InChI=1S/C22H17IN6O3/c1-31-15-5-2-4-14(12-15)21-25-18-17(16-6-3-11-32-16)26-27-19(18)20(23)29(21)28-22(30)13-7-9-24-10-8-13/h2-12,20H,1H3,(H,26,27)(H,28,30). The minimum absolute atomic E-state index is 0.279. The fourth-order valence-corrected chi connectivity index (χ4v) is 4.20. The van der Waals surface area contributed by atoms with Gasteiger partial charge in [-0.05, 0) is 59.0 Å². The zero-order valence-electron chi connectivity index (χ0n) is 16.8. The quantitative estimate of drug-likeness (QED) is 0.223. The summed E-state index contributed by atoms with van der Waals surface area (Å²) in [7, 11) is 1.61. The summed E-state index contributed by atoms with van der Waals surface area (Å²) in [6.07, 6.45) is 4.74. The number of methoxy groups -OCH3 is 1. The van der Waals surface area contributed by atoms with E-state index in [4.69, 9.17) is 14.1 Å². The number of carbonyl (C=O) groups excluding carboxylic acids is 1. The van der Waals surface area contributed by atoms with Gasteiger partial charge in [0.25, 0.3) is 5.91 Å². The molecule has 1 aliphatic heterocycles. The Hall–Kier alpha value is -3.67. The zero-order chi connectivity index (χ0) is 22.1. The Morgan fingerprint density at radius 3 is 2.81 bits per heavy atom. The first-order chi connectivity index (χ1) is 15.7. The fraction of sp³-hybridized carbons (Fsp3) is 0.0909. The number of nitrogens with zero attached hydrogens (tertiary/aromatic N) is 4. The maximum Gasteiger partial charge on any atom is 0.269 e. The second kappa shape index (κ2) is 8.46. The van der Waals surface area contributed by atoms with Crippen LogP contribution in [0.3, 0.4) is 0 Å². The lowest BCUT2D eigenvalue weighted by molar-refractivity contribution is 0.0864. The van der Waals surface area contributed by atoms with Crippen LogP contribution in [-0.2, 0) is 0 Å². The zero-order valence-corrected chi connectivity index (χ0v) is 19.0. The number of halogens is 1. The molecule has 4 aromatic rings. The van der Waals surface area contributed by atoms with Gasteiger partial charge in [0.15, 0.2) is 17.3 Å². The van der Waals surface area contributed by atoms with E-state index in [1.54, 1.807) is 49.0 Å². The molecule has 5 rings (SSSR count). The lowest BCUT2D eigenvalue weighted by Crippen LogP contribution is -2.48. The van der Waals surface area contributed by atoms with Gasteiger partial charge in [-0.15, -0.1) is 0 Å². The number of aromatic amines is 1. The molecule has 1 aromatic carbocycles. The maximum atomic E-state index is 13.0. The second-order valence-electron chi connectivity index (χ2n) is 6.86. The van der Waals surface area contributed by atoms with Gasteiger partial charge < -0.3 is 9.15 Å². The fourth-order valence-electron chi connectivity index (χ4n) is 3.36. The lowest BCUT2D eigenvalue weighted by Gasteiger charge is -2.33. The van der Waals surface area contributed by atoms with Crippen LogP contribution in [0.2, 0.25) is 0 Å². The predicted octanol–water partition coefficient (Wildman–Crippen LogP) is 4.25. The molecule has 3 aromatic heterocycles. The molecular formula is C22H17IN6O3. The van der Waals surface area contributed by atoms with E-state index in [9.17, 15) is 4.79 Å². The number of aromatic nitrogens is 3. The molecule has 2 N–H and O–H groups in total. The monoisotopic (exact) mass is 540 g/mol. The molecule has 1 amide bonds. The SMILES string of the molecule is COc1cccc(C2=Nc3c(-c4ccco4)n[nH]c3C(I)N2NC(=O)c2ccncc2)c1. The minimum Gasteiger partial charge on any atom is -0.497 e. The molecule has 10 heteroatoms. The predicted molar refractivity (Wildman–Crippen MR) is 126 cm³/mol. The first kappa shape index (κ1) is 20.2. The Morgan fingerprint density at radius 1 is 1.22 bits per heavy atom. The topological polar surface area (TPSA) is 109 Å². The maximum absolute atomic E-state index is 13.0. The molecule has 0 aliphatic carbocycles. The van der Waals surface area contributed by atoms with Gasteiger partial charge in [0.2, 0.25) is 0 Å². The number of hydrogen-bond acceptors (Lipinski definition) is 7. The summed E-state index contributed by atoms with van der Waals surface area (Å²) in [4.78, 5) is 21.8. The van der Waals surface area contributed by atoms with Crippen molar-refractivity contribution in [3.8, 4) is 17.2 Å². The highest BCUT2D eigenvalue weighted by atomic mass is 127. The number of amides is 1. The number of furan rings is 1. The van der Waals surface area contributed by atoms with Crippen LogP contribution in [0.4, 0.5) is 5.69 Å². The van der Waals surface area contributed by atoms with E-state index < -0.39 is 0 Å². The number of hydrogen-bond donors (Lipinski definition) is 2. The van der Waals surface area contributed by atoms with E-state index in [0.29, 0.717) is 34.3 Å². The number of alkyl halides is 1. The Labute approximate surface area is 196 Å². The summed E-state index contributed by atoms with van der Waals surface area (Å²) in [5, 5.41) is 9.18. The first-order valence-electron chi connectivity index (χ1n) is 9.65. The molecule has 0 radical (unpaired) electrons.